The largest absolute Gasteiger partial charge is 0.308 e. The predicted molar refractivity (Wildman–Crippen MR) is 110 cm³/mol. The molecule has 1 aliphatic rings. The third-order valence-electron chi connectivity index (χ3n) is 5.12. The summed E-state index contributed by atoms with van der Waals surface area (Å²) in [7, 11) is -2.47. The summed E-state index contributed by atoms with van der Waals surface area (Å²) in [5.74, 6) is -1.98. The molecule has 4 rings (SSSR count). The summed E-state index contributed by atoms with van der Waals surface area (Å²) in [5.41, 5.74) is 1.05. The lowest BCUT2D eigenvalue weighted by Gasteiger charge is -2.21. The minimum Gasteiger partial charge on any atom is -0.308 e. The third-order valence-corrected chi connectivity index (χ3v) is 6.90. The van der Waals surface area contributed by atoms with Crippen LogP contribution in [0.1, 0.15) is 15.9 Å². The fourth-order valence-corrected chi connectivity index (χ4v) is 4.76. The van der Waals surface area contributed by atoms with Crippen LogP contribution in [0.25, 0.3) is 0 Å². The second-order valence-electron chi connectivity index (χ2n) is 6.93. The first-order valence-corrected chi connectivity index (χ1v) is 10.7. The van der Waals surface area contributed by atoms with Crippen molar-refractivity contribution in [3.63, 3.8) is 0 Å². The molecule has 0 atom stereocenters. The summed E-state index contributed by atoms with van der Waals surface area (Å²) >= 11 is 0. The van der Waals surface area contributed by atoms with Gasteiger partial charge in [-0.2, -0.15) is 0 Å². The maximum absolute atomic E-state index is 14.0. The summed E-state index contributed by atoms with van der Waals surface area (Å²) in [5, 5.41) is 0. The molecule has 3 aromatic rings. The molecule has 0 saturated carbocycles. The van der Waals surface area contributed by atoms with Crippen molar-refractivity contribution in [2.45, 2.75) is 11.3 Å². The number of hydrogen-bond donors (Lipinski definition) is 0. The molecule has 154 valence electrons. The van der Waals surface area contributed by atoms with E-state index in [1.54, 1.807) is 30.3 Å². The predicted octanol–water partition coefficient (Wildman–Crippen LogP) is 3.99. The molecule has 30 heavy (non-hydrogen) atoms. The van der Waals surface area contributed by atoms with Crippen molar-refractivity contribution in [1.29, 1.82) is 0 Å². The van der Waals surface area contributed by atoms with Crippen LogP contribution in [0.15, 0.2) is 71.6 Å². The van der Waals surface area contributed by atoms with E-state index in [2.05, 4.69) is 0 Å². The van der Waals surface area contributed by atoms with Gasteiger partial charge in [-0.3, -0.25) is 9.10 Å². The Labute approximate surface area is 173 Å². The summed E-state index contributed by atoms with van der Waals surface area (Å²) in [6, 6.07) is 16.1. The Balaban J connectivity index is 1.68. The number of benzene rings is 3. The van der Waals surface area contributed by atoms with Crippen molar-refractivity contribution in [2.24, 2.45) is 0 Å². The fourth-order valence-electron chi connectivity index (χ4n) is 3.51. The molecule has 0 radical (unpaired) electrons. The molecule has 0 N–H and O–H groups in total. The average Bonchev–Trinajstić information content (AvgIpc) is 3.17. The molecule has 1 aliphatic heterocycles. The molecule has 0 aromatic heterocycles. The van der Waals surface area contributed by atoms with Gasteiger partial charge in [-0.1, -0.05) is 24.3 Å². The second-order valence-corrected chi connectivity index (χ2v) is 8.90. The molecule has 1 heterocycles. The molecule has 5 nitrogen and oxygen atoms in total. The molecule has 3 aromatic carbocycles. The number of fused-ring (bicyclic) bond motifs is 1. The van der Waals surface area contributed by atoms with Crippen LogP contribution in [0, 0.1) is 11.6 Å². The molecule has 0 unspecified atom stereocenters. The smallest absolute Gasteiger partial charge is 0.264 e. The Morgan fingerprint density at radius 1 is 1.00 bits per heavy atom. The van der Waals surface area contributed by atoms with Gasteiger partial charge in [-0.05, 0) is 42.8 Å². The number of sulfonamides is 1. The van der Waals surface area contributed by atoms with Gasteiger partial charge >= 0.3 is 0 Å². The molecule has 1 amide bonds. The first-order valence-electron chi connectivity index (χ1n) is 9.23. The molecular formula is C22H18F2N2O3S. The minimum absolute atomic E-state index is 0.0513. The highest BCUT2D eigenvalue weighted by molar-refractivity contribution is 7.92. The van der Waals surface area contributed by atoms with E-state index >= 15 is 0 Å². The van der Waals surface area contributed by atoms with E-state index in [1.807, 2.05) is 0 Å². The van der Waals surface area contributed by atoms with Gasteiger partial charge in [-0.25, -0.2) is 17.2 Å². The van der Waals surface area contributed by atoms with Gasteiger partial charge in [0.2, 0.25) is 0 Å². The Bertz CT molecular complexity index is 1230. The van der Waals surface area contributed by atoms with Crippen molar-refractivity contribution in [3.05, 3.63) is 89.5 Å². The first-order chi connectivity index (χ1) is 14.3. The minimum atomic E-state index is -3.90. The van der Waals surface area contributed by atoms with E-state index in [1.165, 1.54) is 36.2 Å². The van der Waals surface area contributed by atoms with Gasteiger partial charge in [0.1, 0.15) is 11.6 Å². The van der Waals surface area contributed by atoms with E-state index in [4.69, 9.17) is 0 Å². The van der Waals surface area contributed by atoms with Gasteiger partial charge in [-0.15, -0.1) is 0 Å². The lowest BCUT2D eigenvalue weighted by Crippen LogP contribution is -2.30. The van der Waals surface area contributed by atoms with Gasteiger partial charge in [0, 0.05) is 30.8 Å². The zero-order valence-corrected chi connectivity index (χ0v) is 16.9. The number of carbonyl (C=O) groups excluding carboxylic acids is 1. The first kappa shape index (κ1) is 20.0. The molecule has 0 bridgehead atoms. The summed E-state index contributed by atoms with van der Waals surface area (Å²) in [6.07, 6.45) is 0.266. The van der Waals surface area contributed by atoms with Crippen molar-refractivity contribution in [1.82, 2.24) is 0 Å². The number of nitrogens with zero attached hydrogens (tertiary/aromatic N) is 2. The van der Waals surface area contributed by atoms with Crippen LogP contribution in [0.3, 0.4) is 0 Å². The van der Waals surface area contributed by atoms with E-state index in [9.17, 15) is 22.0 Å². The van der Waals surface area contributed by atoms with Crippen molar-refractivity contribution in [2.75, 3.05) is 22.8 Å². The highest BCUT2D eigenvalue weighted by Gasteiger charge is 2.30. The highest BCUT2D eigenvalue weighted by atomic mass is 32.2. The molecule has 0 aliphatic carbocycles. The maximum atomic E-state index is 14.0. The average molecular weight is 428 g/mol. The lowest BCUT2D eigenvalue weighted by atomic mass is 10.1. The van der Waals surface area contributed by atoms with Crippen LogP contribution in [0.5, 0.6) is 0 Å². The number of halogens is 2. The van der Waals surface area contributed by atoms with Crippen LogP contribution in [-0.4, -0.2) is 27.9 Å². The summed E-state index contributed by atoms with van der Waals surface area (Å²) < 4.78 is 54.8. The normalized spacial score (nSPS) is 13.2. The summed E-state index contributed by atoms with van der Waals surface area (Å²) in [6.45, 7) is 0.190. The zero-order chi connectivity index (χ0) is 21.5. The third kappa shape index (κ3) is 3.43. The Morgan fingerprint density at radius 2 is 1.73 bits per heavy atom. The molecular weight excluding hydrogens is 410 g/mol. The van der Waals surface area contributed by atoms with Crippen LogP contribution >= 0.6 is 0 Å². The summed E-state index contributed by atoms with van der Waals surface area (Å²) in [4.78, 5) is 14.2. The van der Waals surface area contributed by atoms with Gasteiger partial charge in [0.15, 0.2) is 0 Å². The van der Waals surface area contributed by atoms with E-state index in [0.29, 0.717) is 5.69 Å². The SMILES string of the molecule is CN(c1ccccc1)S(=O)(=O)c1cccc(C(=O)N2CCc3c(F)cc(F)cc32)c1. The number of carbonyl (C=O) groups is 1. The van der Waals surface area contributed by atoms with Crippen LogP contribution in [0.4, 0.5) is 20.2 Å². The zero-order valence-electron chi connectivity index (χ0n) is 16.0. The highest BCUT2D eigenvalue weighted by Crippen LogP contribution is 2.32. The van der Waals surface area contributed by atoms with Crippen LogP contribution in [-0.2, 0) is 16.4 Å². The van der Waals surface area contributed by atoms with E-state index < -0.39 is 27.6 Å². The topological polar surface area (TPSA) is 57.7 Å². The number of hydrogen-bond acceptors (Lipinski definition) is 3. The monoisotopic (exact) mass is 428 g/mol. The lowest BCUT2D eigenvalue weighted by molar-refractivity contribution is 0.0989. The standard InChI is InChI=1S/C22H18F2N2O3S/c1-25(17-7-3-2-4-8-17)30(28,29)18-9-5-6-15(12-18)22(27)26-11-10-19-20(24)13-16(23)14-21(19)26/h2-9,12-14H,10-11H2,1H3. The van der Waals surface area contributed by atoms with Crippen LogP contribution in [0.2, 0.25) is 0 Å². The van der Waals surface area contributed by atoms with Crippen molar-refractivity contribution in [3.8, 4) is 0 Å². The molecule has 8 heteroatoms. The molecule has 0 fully saturated rings. The Morgan fingerprint density at radius 3 is 2.47 bits per heavy atom. The maximum Gasteiger partial charge on any atom is 0.264 e. The van der Waals surface area contributed by atoms with E-state index in [0.717, 1.165) is 16.4 Å². The van der Waals surface area contributed by atoms with E-state index in [-0.39, 0.29) is 34.7 Å². The Kier molecular flexibility index (Phi) is 5.03. The van der Waals surface area contributed by atoms with Crippen LogP contribution < -0.4 is 9.21 Å². The fraction of sp³-hybridized carbons (Fsp3) is 0.136. The quantitative estimate of drug-likeness (QED) is 0.631. The molecule has 0 saturated heterocycles. The van der Waals surface area contributed by atoms with Gasteiger partial charge in [0.25, 0.3) is 15.9 Å². The number of para-hydroxylation sites is 1. The second kappa shape index (κ2) is 7.53. The van der Waals surface area contributed by atoms with Gasteiger partial charge < -0.3 is 4.90 Å². The van der Waals surface area contributed by atoms with Crippen molar-refractivity contribution >= 4 is 27.3 Å². The van der Waals surface area contributed by atoms with Crippen molar-refractivity contribution < 1.29 is 22.0 Å². The number of amides is 1. The number of rotatable bonds is 4. The Hall–Kier alpha value is -3.26. The molecule has 0 spiro atoms. The van der Waals surface area contributed by atoms with Gasteiger partial charge in [0.05, 0.1) is 16.3 Å². The number of anilines is 2.